The number of nitrogens with one attached hydrogen (secondary N) is 1. The first-order valence-corrected chi connectivity index (χ1v) is 19.8. The number of aromatic nitrogens is 3. The van der Waals surface area contributed by atoms with Crippen LogP contribution in [0.25, 0.3) is 32.9 Å². The highest BCUT2D eigenvalue weighted by atomic mass is 16.5. The number of pyridine rings is 2. The van der Waals surface area contributed by atoms with E-state index in [1.807, 2.05) is 30.7 Å². The van der Waals surface area contributed by atoms with E-state index in [0.29, 0.717) is 18.2 Å². The summed E-state index contributed by atoms with van der Waals surface area (Å²) in [6, 6.07) is 16.2. The number of carbonyl (C=O) groups is 4. The van der Waals surface area contributed by atoms with E-state index in [1.165, 1.54) is 17.5 Å². The van der Waals surface area contributed by atoms with Crippen LogP contribution in [0.5, 0.6) is 11.6 Å². The van der Waals surface area contributed by atoms with Gasteiger partial charge in [-0.2, -0.15) is 0 Å². The van der Waals surface area contributed by atoms with Crippen LogP contribution in [0.4, 0.5) is 0 Å². The van der Waals surface area contributed by atoms with E-state index in [2.05, 4.69) is 63.0 Å². The normalized spacial score (nSPS) is 25.7. The van der Waals surface area contributed by atoms with Crippen LogP contribution < -0.4 is 14.8 Å². The summed E-state index contributed by atoms with van der Waals surface area (Å²) >= 11 is 0. The van der Waals surface area contributed by atoms with Gasteiger partial charge in [0.05, 0.1) is 36.0 Å². The summed E-state index contributed by atoms with van der Waals surface area (Å²) < 4.78 is 26.2. The smallest absolute Gasteiger partial charge is 0.262 e. The van der Waals surface area contributed by atoms with Crippen LogP contribution in [0.15, 0.2) is 73.2 Å². The Morgan fingerprint density at radius 3 is 2.55 bits per heavy atom. The fourth-order valence-electron chi connectivity index (χ4n) is 9.13. The number of amides is 4. The number of carbonyl (C=O) groups excluding carboxylic acids is 4. The number of nitrogens with zero attached hydrogens (tertiary/aromatic N) is 4. The molecular formula is C45H41N5O8. The van der Waals surface area contributed by atoms with Crippen molar-refractivity contribution in [2.75, 3.05) is 26.4 Å². The Morgan fingerprint density at radius 2 is 1.74 bits per heavy atom. The van der Waals surface area contributed by atoms with Crippen molar-refractivity contribution in [2.45, 2.75) is 63.2 Å². The number of aryl methyl sites for hydroxylation is 1. The fourth-order valence-corrected chi connectivity index (χ4v) is 9.13. The Hall–Kier alpha value is -6.10. The van der Waals surface area contributed by atoms with Crippen molar-refractivity contribution in [1.29, 1.82) is 0 Å². The van der Waals surface area contributed by atoms with Crippen LogP contribution in [0.2, 0.25) is 0 Å². The van der Waals surface area contributed by atoms with Crippen molar-refractivity contribution in [3.8, 4) is 34.6 Å². The lowest BCUT2D eigenvalue weighted by molar-refractivity contribution is -0.136. The highest BCUT2D eigenvalue weighted by Gasteiger charge is 2.73. The number of hydrogen-bond acceptors (Lipinski definition) is 10. The van der Waals surface area contributed by atoms with Gasteiger partial charge in [-0.25, -0.2) is 4.98 Å². The lowest BCUT2D eigenvalue weighted by Gasteiger charge is -2.38. The molecule has 10 rings (SSSR count). The molecule has 3 atom stereocenters. The molecule has 0 spiro atoms. The Bertz CT molecular complexity index is 2590. The molecule has 3 aromatic heterocycles. The van der Waals surface area contributed by atoms with Crippen molar-refractivity contribution in [3.63, 3.8) is 0 Å². The molecule has 5 aliphatic rings. The molecule has 294 valence electrons. The van der Waals surface area contributed by atoms with E-state index >= 15 is 0 Å². The third-order valence-corrected chi connectivity index (χ3v) is 12.8. The van der Waals surface area contributed by atoms with Crippen molar-refractivity contribution in [2.24, 2.45) is 17.9 Å². The molecule has 5 aromatic rings. The molecule has 3 saturated carbocycles. The summed E-state index contributed by atoms with van der Waals surface area (Å²) in [5.74, 6) is 5.54. The summed E-state index contributed by atoms with van der Waals surface area (Å²) in [6.45, 7) is 1.54. The van der Waals surface area contributed by atoms with E-state index in [4.69, 9.17) is 18.9 Å². The zero-order valence-corrected chi connectivity index (χ0v) is 32.0. The molecule has 13 nitrogen and oxygen atoms in total. The van der Waals surface area contributed by atoms with E-state index in [9.17, 15) is 19.2 Å². The first-order chi connectivity index (χ1) is 28.2. The maximum absolute atomic E-state index is 13.1. The van der Waals surface area contributed by atoms with E-state index in [0.717, 1.165) is 71.2 Å². The lowest BCUT2D eigenvalue weighted by Crippen LogP contribution is -2.54. The van der Waals surface area contributed by atoms with Crippen LogP contribution in [-0.2, 0) is 26.1 Å². The van der Waals surface area contributed by atoms with Gasteiger partial charge in [0, 0.05) is 83.6 Å². The molecule has 4 amide bonds. The molecule has 5 heterocycles. The first-order valence-electron chi connectivity index (χ1n) is 19.8. The first kappa shape index (κ1) is 36.3. The predicted molar refractivity (Wildman–Crippen MR) is 211 cm³/mol. The van der Waals surface area contributed by atoms with Crippen LogP contribution in [0, 0.1) is 22.7 Å². The molecule has 2 aliphatic heterocycles. The molecule has 58 heavy (non-hydrogen) atoms. The predicted octanol–water partition coefficient (Wildman–Crippen LogP) is 5.39. The van der Waals surface area contributed by atoms with Gasteiger partial charge in [0.25, 0.3) is 11.8 Å². The molecule has 2 aromatic carbocycles. The average Bonchev–Trinajstić information content (AvgIpc) is 3.39. The van der Waals surface area contributed by atoms with E-state index in [-0.39, 0.29) is 60.2 Å². The highest BCUT2D eigenvalue weighted by Crippen LogP contribution is 2.77. The van der Waals surface area contributed by atoms with Gasteiger partial charge in [-0.1, -0.05) is 24.0 Å². The van der Waals surface area contributed by atoms with Gasteiger partial charge in [-0.3, -0.25) is 34.4 Å². The third-order valence-electron chi connectivity index (χ3n) is 12.8. The molecule has 0 radical (unpaired) electrons. The summed E-state index contributed by atoms with van der Waals surface area (Å²) in [5.41, 5.74) is 5.03. The van der Waals surface area contributed by atoms with Crippen molar-refractivity contribution >= 4 is 45.4 Å². The second-order valence-corrected chi connectivity index (χ2v) is 16.1. The van der Waals surface area contributed by atoms with Crippen LogP contribution in [0.3, 0.4) is 0 Å². The largest absolute Gasteiger partial charge is 0.491 e. The Morgan fingerprint density at radius 1 is 0.879 bits per heavy atom. The summed E-state index contributed by atoms with van der Waals surface area (Å²) in [4.78, 5) is 59.7. The molecule has 4 fully saturated rings. The molecule has 1 saturated heterocycles. The Labute approximate surface area is 334 Å². The number of hydrogen-bond donors (Lipinski definition) is 1. The molecule has 0 bridgehead atoms. The van der Waals surface area contributed by atoms with Gasteiger partial charge < -0.3 is 23.5 Å². The second-order valence-electron chi connectivity index (χ2n) is 16.1. The Balaban J connectivity index is 0.637. The van der Waals surface area contributed by atoms with Gasteiger partial charge in [0.1, 0.15) is 31.1 Å². The van der Waals surface area contributed by atoms with Gasteiger partial charge in [0.2, 0.25) is 17.7 Å². The minimum Gasteiger partial charge on any atom is -0.491 e. The van der Waals surface area contributed by atoms with Crippen molar-refractivity contribution < 1.29 is 38.1 Å². The number of benzene rings is 2. The Kier molecular flexibility index (Phi) is 8.80. The van der Waals surface area contributed by atoms with E-state index in [1.54, 1.807) is 6.07 Å². The third kappa shape index (κ3) is 6.18. The van der Waals surface area contributed by atoms with Crippen LogP contribution in [-0.4, -0.2) is 87.7 Å². The monoisotopic (exact) mass is 779 g/mol. The van der Waals surface area contributed by atoms with Gasteiger partial charge in [0.15, 0.2) is 0 Å². The molecule has 13 heteroatoms. The zero-order valence-electron chi connectivity index (χ0n) is 32.0. The lowest BCUT2D eigenvalue weighted by atomic mass is 9.74. The average molecular weight is 780 g/mol. The maximum Gasteiger partial charge on any atom is 0.262 e. The number of piperidine rings is 1. The SMILES string of the molecule is Cn1c2ccncc2c2ccc(-c3ccc(OC4CC(OCC56CCC5(C#CCOCCOc5ccc7c(c5)C(=O)N(C5CCC(=O)NC5=O)C7=O)C6)C4)nc3)cc21. The summed E-state index contributed by atoms with van der Waals surface area (Å²) in [7, 11) is 2.08. The number of imide groups is 2. The zero-order chi connectivity index (χ0) is 39.6. The molecule has 3 unspecified atom stereocenters. The summed E-state index contributed by atoms with van der Waals surface area (Å²) in [6.07, 6.45) is 11.0. The number of fused-ring (bicyclic) bond motifs is 5. The van der Waals surface area contributed by atoms with Crippen molar-refractivity contribution in [1.82, 2.24) is 24.8 Å². The van der Waals surface area contributed by atoms with Gasteiger partial charge in [-0.15, -0.1) is 0 Å². The van der Waals surface area contributed by atoms with E-state index < -0.39 is 29.7 Å². The quantitative estimate of drug-likeness (QED) is 0.0993. The molecule has 3 aliphatic carbocycles. The number of rotatable bonds is 12. The van der Waals surface area contributed by atoms with Gasteiger partial charge in [-0.05, 0) is 67.6 Å². The van der Waals surface area contributed by atoms with Crippen molar-refractivity contribution in [3.05, 3.63) is 84.3 Å². The second kappa shape index (κ2) is 14.1. The van der Waals surface area contributed by atoms with Gasteiger partial charge >= 0.3 is 0 Å². The summed E-state index contributed by atoms with van der Waals surface area (Å²) in [5, 5.41) is 4.54. The standard InChI is InChI=1S/C45H41N5O8/c1-49-36-11-15-46-24-35(36)32-6-3-27(19-38(32)49)28-4-10-40(47-23-28)58-31-20-30(21-31)57-26-45-14-13-44(45,25-45)12-2-16-55-17-18-56-29-5-7-33-34(22-29)43(54)50(42(33)53)37-8-9-39(51)48-41(37)52/h3-7,10-11,15,19,22-24,30-31,37H,8-9,13-14,16-18,20-21,25-26H2,1H3,(H,48,51,52). The van der Waals surface area contributed by atoms with Crippen LogP contribution in [0.1, 0.15) is 65.7 Å². The minimum absolute atomic E-state index is 0.0315. The highest BCUT2D eigenvalue weighted by molar-refractivity contribution is 6.23. The maximum atomic E-state index is 13.1. The molecule has 1 N–H and O–H groups in total. The molecular weight excluding hydrogens is 739 g/mol. The van der Waals surface area contributed by atoms with Crippen LogP contribution >= 0.6 is 0 Å². The topological polar surface area (TPSA) is 151 Å². The fraction of sp³-hybridized carbons (Fsp3) is 0.378. The number of ether oxygens (including phenoxy) is 4. The minimum atomic E-state index is -1.01.